The van der Waals surface area contributed by atoms with Gasteiger partial charge in [-0.1, -0.05) is 0 Å². The molecule has 0 aliphatic heterocycles. The Labute approximate surface area is 157 Å². The van der Waals surface area contributed by atoms with Crippen molar-refractivity contribution in [3.63, 3.8) is 0 Å². The molecule has 0 radical (unpaired) electrons. The molecule has 0 aromatic rings. The summed E-state index contributed by atoms with van der Waals surface area (Å²) in [6, 6.07) is 1.01. The minimum atomic E-state index is -2.80. The Balaban J connectivity index is 0. The van der Waals surface area contributed by atoms with Gasteiger partial charge < -0.3 is 32.3 Å². The summed E-state index contributed by atoms with van der Waals surface area (Å²) in [5.74, 6) is 0. The summed E-state index contributed by atoms with van der Waals surface area (Å²) >= 11 is 0. The quantitative estimate of drug-likeness (QED) is 0.424. The van der Waals surface area contributed by atoms with E-state index in [4.69, 9.17) is 32.3 Å². The molecule has 154 valence electrons. The van der Waals surface area contributed by atoms with Gasteiger partial charge in [0.05, 0.1) is 0 Å². The zero-order valence-electron chi connectivity index (χ0n) is 17.4. The first-order chi connectivity index (χ1) is 11.9. The Hall–Kier alpha value is 0.154. The third-order valence-electron chi connectivity index (χ3n) is 3.02. The molecule has 25 heavy (non-hydrogen) atoms. The fraction of sp³-hybridized carbons (Fsp3) is 1.00. The summed E-state index contributed by atoms with van der Waals surface area (Å²) in [4.78, 5) is 0. The van der Waals surface area contributed by atoms with Crippen LogP contribution in [-0.4, -0.2) is 63.8 Å². The second-order valence-corrected chi connectivity index (χ2v) is 10.6. The molecule has 9 heteroatoms. The first kappa shape index (κ1) is 27.4. The first-order valence-electron chi connectivity index (χ1n) is 9.46. The third-order valence-corrected chi connectivity index (χ3v) is 8.65. The first-order valence-corrected chi connectivity index (χ1v) is 13.6. The molecule has 0 aliphatic rings. The van der Waals surface area contributed by atoms with E-state index in [1.165, 1.54) is 0 Å². The van der Waals surface area contributed by atoms with Gasteiger partial charge in [0.25, 0.3) is 0 Å². The Kier molecular flexibility index (Phi) is 19.2. The molecule has 7 nitrogen and oxygen atoms in total. The van der Waals surface area contributed by atoms with Crippen LogP contribution in [0.1, 0.15) is 48.0 Å². The van der Waals surface area contributed by atoms with Crippen molar-refractivity contribution in [2.24, 2.45) is 5.73 Å². The largest absolute Gasteiger partial charge is 0.679 e. The molecule has 2 N–H and O–H groups in total. The van der Waals surface area contributed by atoms with E-state index in [1.807, 2.05) is 41.5 Å². The Morgan fingerprint density at radius 2 is 0.920 bits per heavy atom. The fourth-order valence-corrected chi connectivity index (χ4v) is 6.53. The fourth-order valence-electron chi connectivity index (χ4n) is 2.18. The highest BCUT2D eigenvalue weighted by molar-refractivity contribution is 6.66. The lowest BCUT2D eigenvalue weighted by Crippen LogP contribution is -2.49. The van der Waals surface area contributed by atoms with Crippen LogP contribution in [0.15, 0.2) is 0 Å². The molecule has 0 unspecified atom stereocenters. The predicted molar refractivity (Wildman–Crippen MR) is 106 cm³/mol. The van der Waals surface area contributed by atoms with Crippen molar-refractivity contribution < 1.29 is 26.6 Å². The van der Waals surface area contributed by atoms with Gasteiger partial charge in [-0.25, -0.2) is 0 Å². The third kappa shape index (κ3) is 13.9. The molecule has 0 aromatic heterocycles. The second kappa shape index (κ2) is 17.6. The number of hydrogen-bond acceptors (Lipinski definition) is 7. The molecule has 0 bridgehead atoms. The lowest BCUT2D eigenvalue weighted by atomic mass is 10.5. The smallest absolute Gasteiger partial charge is 0.395 e. The molecule has 0 fully saturated rings. The zero-order chi connectivity index (χ0) is 19.6. The van der Waals surface area contributed by atoms with E-state index in [1.54, 1.807) is 0 Å². The van der Waals surface area contributed by atoms with Crippen molar-refractivity contribution in [3.05, 3.63) is 0 Å². The molecule has 0 heterocycles. The molecule has 0 saturated carbocycles. The van der Waals surface area contributed by atoms with E-state index in [0.29, 0.717) is 26.4 Å². The van der Waals surface area contributed by atoms with Crippen LogP contribution in [0.4, 0.5) is 0 Å². The van der Waals surface area contributed by atoms with Crippen molar-refractivity contribution in [1.82, 2.24) is 0 Å². The summed E-state index contributed by atoms with van der Waals surface area (Å²) in [5.41, 5.74) is 5.44. The van der Waals surface area contributed by atoms with E-state index >= 15 is 0 Å². The molecular weight excluding hydrogens is 358 g/mol. The highest BCUT2D eigenvalue weighted by Crippen LogP contribution is 2.15. The average Bonchev–Trinajstić information content (AvgIpc) is 2.55. The average molecular weight is 400 g/mol. The highest BCUT2D eigenvalue weighted by Gasteiger charge is 2.44. The van der Waals surface area contributed by atoms with Crippen LogP contribution in [0.3, 0.4) is 0 Å². The maximum absolute atomic E-state index is 5.63. The molecule has 0 spiro atoms. The van der Waals surface area contributed by atoms with Gasteiger partial charge in [0.15, 0.2) is 0 Å². The Morgan fingerprint density at radius 1 is 0.600 bits per heavy atom. The maximum atomic E-state index is 5.63. The monoisotopic (exact) mass is 399 g/mol. The molecule has 0 saturated heterocycles. The SMILES string of the molecule is CCO[Si](C)(CCCN)OCC.CCO[Si](OCC)(OCC)OCC. The van der Waals surface area contributed by atoms with Crippen molar-refractivity contribution >= 4 is 17.6 Å². The Bertz CT molecular complexity index is 252. The van der Waals surface area contributed by atoms with Crippen LogP contribution in [0.2, 0.25) is 12.6 Å². The molecule has 0 atom stereocenters. The van der Waals surface area contributed by atoms with Gasteiger partial charge in [0.2, 0.25) is 0 Å². The van der Waals surface area contributed by atoms with Gasteiger partial charge in [-0.2, -0.15) is 0 Å². The van der Waals surface area contributed by atoms with Gasteiger partial charge >= 0.3 is 17.6 Å². The summed E-state index contributed by atoms with van der Waals surface area (Å²) < 4.78 is 33.0. The summed E-state index contributed by atoms with van der Waals surface area (Å²) in [7, 11) is -4.65. The molecule has 0 amide bonds. The van der Waals surface area contributed by atoms with Gasteiger partial charge in [-0.3, -0.25) is 0 Å². The lowest BCUT2D eigenvalue weighted by Gasteiger charge is -2.26. The molecule has 0 rings (SSSR count). The van der Waals surface area contributed by atoms with E-state index in [0.717, 1.165) is 32.2 Å². The Morgan fingerprint density at radius 3 is 1.16 bits per heavy atom. The van der Waals surface area contributed by atoms with Crippen molar-refractivity contribution in [2.45, 2.75) is 60.6 Å². The number of hydrogen-bond donors (Lipinski definition) is 1. The van der Waals surface area contributed by atoms with Crippen molar-refractivity contribution in [1.29, 1.82) is 0 Å². The molecular formula is C16H41NO6Si2. The van der Waals surface area contributed by atoms with Crippen LogP contribution in [-0.2, 0) is 26.6 Å². The summed E-state index contributed by atoms with van der Waals surface area (Å²) in [6.07, 6.45) is 1.00. The van der Waals surface area contributed by atoms with E-state index < -0.39 is 17.6 Å². The molecule has 0 aliphatic carbocycles. The minimum absolute atomic E-state index is 0.548. The van der Waals surface area contributed by atoms with Crippen LogP contribution in [0.5, 0.6) is 0 Å². The zero-order valence-corrected chi connectivity index (χ0v) is 19.4. The van der Waals surface area contributed by atoms with Gasteiger partial charge in [-0.15, -0.1) is 0 Å². The van der Waals surface area contributed by atoms with E-state index in [9.17, 15) is 0 Å². The van der Waals surface area contributed by atoms with Crippen LogP contribution >= 0.6 is 0 Å². The van der Waals surface area contributed by atoms with Gasteiger partial charge in [0, 0.05) is 39.6 Å². The lowest BCUT2D eigenvalue weighted by molar-refractivity contribution is -0.0247. The molecule has 0 aromatic carbocycles. The van der Waals surface area contributed by atoms with Crippen molar-refractivity contribution in [3.8, 4) is 0 Å². The van der Waals surface area contributed by atoms with Gasteiger partial charge in [-0.05, 0) is 67.1 Å². The van der Waals surface area contributed by atoms with E-state index in [-0.39, 0.29) is 0 Å². The van der Waals surface area contributed by atoms with Crippen LogP contribution in [0.25, 0.3) is 0 Å². The maximum Gasteiger partial charge on any atom is 0.679 e. The predicted octanol–water partition coefficient (Wildman–Crippen LogP) is 3.05. The summed E-state index contributed by atoms with van der Waals surface area (Å²) in [5, 5.41) is 0. The van der Waals surface area contributed by atoms with Gasteiger partial charge in [0.1, 0.15) is 0 Å². The second-order valence-electron chi connectivity index (χ2n) is 5.12. The standard InChI is InChI=1S/C8H21NO2Si.C8H20O4Si/c1-4-10-12(3,11-5-2)8-6-7-9;1-5-9-13(10-6-2,11-7-3)12-8-4/h4-9H2,1-3H3;5-8H2,1-4H3. The topological polar surface area (TPSA) is 81.4 Å². The minimum Gasteiger partial charge on any atom is -0.395 e. The van der Waals surface area contributed by atoms with Crippen LogP contribution < -0.4 is 5.73 Å². The highest BCUT2D eigenvalue weighted by atomic mass is 28.4. The summed E-state index contributed by atoms with van der Waals surface area (Å²) in [6.45, 7) is 18.1. The van der Waals surface area contributed by atoms with Crippen LogP contribution in [0, 0.1) is 0 Å². The van der Waals surface area contributed by atoms with E-state index in [2.05, 4.69) is 6.55 Å². The number of nitrogens with two attached hydrogens (primary N) is 1. The number of rotatable bonds is 15. The normalized spacial score (nSPS) is 12.0. The van der Waals surface area contributed by atoms with Crippen molar-refractivity contribution in [2.75, 3.05) is 46.2 Å².